The number of carbonyl (C=O) groups excluding carboxylic acids is 1. The summed E-state index contributed by atoms with van der Waals surface area (Å²) in [7, 11) is 0. The highest BCUT2D eigenvalue weighted by Crippen LogP contribution is 2.38. The molecule has 206 valence electrons. The lowest BCUT2D eigenvalue weighted by Crippen LogP contribution is -2.49. The van der Waals surface area contributed by atoms with Gasteiger partial charge in [0.2, 0.25) is 5.91 Å². The van der Waals surface area contributed by atoms with Crippen molar-refractivity contribution in [2.75, 3.05) is 0 Å². The molecule has 0 aliphatic carbocycles. The van der Waals surface area contributed by atoms with Crippen LogP contribution < -0.4 is 10.1 Å². The highest BCUT2D eigenvalue weighted by molar-refractivity contribution is 5.78. The fourth-order valence-electron chi connectivity index (χ4n) is 3.68. The van der Waals surface area contributed by atoms with Crippen LogP contribution in [0.2, 0.25) is 0 Å². The molecule has 3 rings (SSSR count). The van der Waals surface area contributed by atoms with Crippen LogP contribution in [0.5, 0.6) is 5.75 Å². The molecule has 0 aliphatic rings. The number of benzene rings is 2. The van der Waals surface area contributed by atoms with E-state index in [0.29, 0.717) is 17.8 Å². The monoisotopic (exact) mass is 554 g/mol. The zero-order chi connectivity index (χ0) is 28.3. The molecule has 1 amide bonds. The van der Waals surface area contributed by atoms with Gasteiger partial charge in [0.1, 0.15) is 23.1 Å². The van der Waals surface area contributed by atoms with Gasteiger partial charge < -0.3 is 14.6 Å². The summed E-state index contributed by atoms with van der Waals surface area (Å²) in [6.07, 6.45) is -17.1. The molecule has 3 aromatic rings. The lowest BCUT2D eigenvalue weighted by molar-refractivity contribution is -0.253. The topological polar surface area (TPSA) is 64.4 Å². The minimum absolute atomic E-state index is 0.00702. The van der Waals surface area contributed by atoms with E-state index in [1.165, 1.54) is 13.0 Å². The SMILES string of the molecule is Cc1cc(CC(NC(=O)CCC(F)(F)F)(c2ccc(F)cc2)c2cc(F)cc(OC(F)(F)C(F)F)c2)on1. The van der Waals surface area contributed by atoms with Gasteiger partial charge in [0.15, 0.2) is 0 Å². The van der Waals surface area contributed by atoms with Crippen LogP contribution in [0.3, 0.4) is 0 Å². The number of aromatic nitrogens is 1. The lowest BCUT2D eigenvalue weighted by Gasteiger charge is -2.36. The van der Waals surface area contributed by atoms with Crippen LogP contribution in [0, 0.1) is 18.6 Å². The Hall–Kier alpha value is -3.71. The van der Waals surface area contributed by atoms with Crippen LogP contribution in [0.1, 0.15) is 35.4 Å². The zero-order valence-electron chi connectivity index (χ0n) is 19.4. The molecule has 0 aliphatic heterocycles. The maximum atomic E-state index is 14.6. The van der Waals surface area contributed by atoms with Crippen LogP contribution in [-0.2, 0) is 16.8 Å². The molecule has 0 saturated carbocycles. The number of amides is 1. The number of ether oxygens (including phenoxy) is 1. The molecule has 1 atom stereocenters. The second kappa shape index (κ2) is 11.0. The number of hydrogen-bond donors (Lipinski definition) is 1. The van der Waals surface area contributed by atoms with Gasteiger partial charge in [0.05, 0.1) is 17.7 Å². The van der Waals surface area contributed by atoms with E-state index >= 15 is 0 Å². The first-order valence-corrected chi connectivity index (χ1v) is 10.8. The number of hydrogen-bond acceptors (Lipinski definition) is 4. The summed E-state index contributed by atoms with van der Waals surface area (Å²) in [5.41, 5.74) is -2.18. The van der Waals surface area contributed by atoms with E-state index < -0.39 is 72.4 Å². The summed E-state index contributed by atoms with van der Waals surface area (Å²) in [6.45, 7) is 1.52. The van der Waals surface area contributed by atoms with Gasteiger partial charge in [0, 0.05) is 25.0 Å². The standard InChI is InChI=1S/C24H19F9N2O3/c1-13-8-19(38-35-13)12-22(14-2-4-16(25)5-3-14,34-20(36)6-7-23(29,30)31)15-9-17(26)11-18(10-15)37-24(32,33)21(27)28/h2-5,8-11,21H,6-7,12H2,1H3,(H,34,36). The molecule has 0 fully saturated rings. The van der Waals surface area contributed by atoms with Gasteiger partial charge in [0.25, 0.3) is 0 Å². The van der Waals surface area contributed by atoms with Crippen LogP contribution in [-0.4, -0.2) is 29.8 Å². The molecule has 1 heterocycles. The zero-order valence-corrected chi connectivity index (χ0v) is 19.4. The van der Waals surface area contributed by atoms with Crippen molar-refractivity contribution >= 4 is 5.91 Å². The third kappa shape index (κ3) is 7.19. The molecule has 0 spiro atoms. The lowest BCUT2D eigenvalue weighted by atomic mass is 9.78. The van der Waals surface area contributed by atoms with E-state index in [0.717, 1.165) is 30.3 Å². The fourth-order valence-corrected chi connectivity index (χ4v) is 3.68. The quantitative estimate of drug-likeness (QED) is 0.293. The maximum absolute atomic E-state index is 14.6. The van der Waals surface area contributed by atoms with Crippen molar-refractivity contribution in [3.05, 3.63) is 82.7 Å². The molecule has 5 nitrogen and oxygen atoms in total. The van der Waals surface area contributed by atoms with Gasteiger partial charge in [-0.25, -0.2) is 8.78 Å². The first kappa shape index (κ1) is 28.9. The van der Waals surface area contributed by atoms with Gasteiger partial charge >= 0.3 is 18.7 Å². The second-order valence-corrected chi connectivity index (χ2v) is 8.33. The summed E-state index contributed by atoms with van der Waals surface area (Å²) >= 11 is 0. The van der Waals surface area contributed by atoms with E-state index in [1.807, 2.05) is 0 Å². The fraction of sp³-hybridized carbons (Fsp3) is 0.333. The van der Waals surface area contributed by atoms with Crippen molar-refractivity contribution < 1.29 is 53.6 Å². The van der Waals surface area contributed by atoms with Crippen molar-refractivity contribution in [3.8, 4) is 5.75 Å². The van der Waals surface area contributed by atoms with Crippen LogP contribution >= 0.6 is 0 Å². The maximum Gasteiger partial charge on any atom is 0.461 e. The molecule has 1 aromatic heterocycles. The van der Waals surface area contributed by atoms with E-state index in [4.69, 9.17) is 4.52 Å². The average molecular weight is 554 g/mol. The third-order valence-electron chi connectivity index (χ3n) is 5.31. The predicted octanol–water partition coefficient (Wildman–Crippen LogP) is 6.44. The molecular weight excluding hydrogens is 535 g/mol. The smallest absolute Gasteiger partial charge is 0.428 e. The number of nitrogens with zero attached hydrogens (tertiary/aromatic N) is 1. The van der Waals surface area contributed by atoms with Crippen LogP contribution in [0.25, 0.3) is 0 Å². The molecule has 14 heteroatoms. The van der Waals surface area contributed by atoms with Gasteiger partial charge in [-0.1, -0.05) is 17.3 Å². The Labute approximate surface area is 209 Å². The van der Waals surface area contributed by atoms with Crippen molar-refractivity contribution in [2.45, 2.75) is 50.4 Å². The summed E-state index contributed by atoms with van der Waals surface area (Å²) in [5.74, 6) is -4.29. The van der Waals surface area contributed by atoms with E-state index in [1.54, 1.807) is 0 Å². The molecule has 0 bridgehead atoms. The average Bonchev–Trinajstić information content (AvgIpc) is 3.20. The summed E-state index contributed by atoms with van der Waals surface area (Å²) in [4.78, 5) is 12.7. The van der Waals surface area contributed by atoms with E-state index in [9.17, 15) is 44.3 Å². The molecule has 1 unspecified atom stereocenters. The minimum atomic E-state index is -5.03. The van der Waals surface area contributed by atoms with E-state index in [-0.39, 0.29) is 11.3 Å². The first-order valence-electron chi connectivity index (χ1n) is 10.8. The summed E-state index contributed by atoms with van der Waals surface area (Å²) in [6, 6.07) is 7.27. The Bertz CT molecular complexity index is 1260. The number of nitrogens with one attached hydrogen (secondary N) is 1. The van der Waals surface area contributed by atoms with Crippen molar-refractivity contribution in [2.24, 2.45) is 0 Å². The predicted molar refractivity (Wildman–Crippen MR) is 114 cm³/mol. The highest BCUT2D eigenvalue weighted by atomic mass is 19.4. The molecule has 38 heavy (non-hydrogen) atoms. The Morgan fingerprint density at radius 3 is 2.18 bits per heavy atom. The molecule has 0 radical (unpaired) electrons. The summed E-state index contributed by atoms with van der Waals surface area (Å²) in [5, 5.41) is 6.02. The minimum Gasteiger partial charge on any atom is -0.428 e. The van der Waals surface area contributed by atoms with E-state index in [2.05, 4.69) is 15.2 Å². The Morgan fingerprint density at radius 1 is 0.974 bits per heavy atom. The first-order chi connectivity index (χ1) is 17.6. The van der Waals surface area contributed by atoms with Crippen molar-refractivity contribution in [1.82, 2.24) is 10.5 Å². The van der Waals surface area contributed by atoms with Gasteiger partial charge in [-0.2, -0.15) is 30.7 Å². The number of rotatable bonds is 10. The number of aryl methyl sites for hydroxylation is 1. The van der Waals surface area contributed by atoms with Gasteiger partial charge in [-0.3, -0.25) is 4.79 Å². The van der Waals surface area contributed by atoms with Crippen molar-refractivity contribution in [1.29, 1.82) is 0 Å². The molecular formula is C24H19F9N2O3. The highest BCUT2D eigenvalue weighted by Gasteiger charge is 2.45. The normalized spacial score (nSPS) is 13.9. The van der Waals surface area contributed by atoms with Gasteiger partial charge in [-0.05, 0) is 42.3 Å². The number of halogens is 9. The third-order valence-corrected chi connectivity index (χ3v) is 5.31. The molecule has 1 N–H and O–H groups in total. The largest absolute Gasteiger partial charge is 0.461 e. The number of carbonyl (C=O) groups is 1. The second-order valence-electron chi connectivity index (χ2n) is 8.33. The Morgan fingerprint density at radius 2 is 1.63 bits per heavy atom. The molecule has 2 aromatic carbocycles. The molecule has 0 saturated heterocycles. The van der Waals surface area contributed by atoms with Crippen LogP contribution in [0.15, 0.2) is 53.1 Å². The van der Waals surface area contributed by atoms with Gasteiger partial charge in [-0.15, -0.1) is 0 Å². The number of alkyl halides is 7. The van der Waals surface area contributed by atoms with Crippen LogP contribution in [0.4, 0.5) is 39.5 Å². The van der Waals surface area contributed by atoms with Crippen molar-refractivity contribution in [3.63, 3.8) is 0 Å². The Balaban J connectivity index is 2.21. The summed E-state index contributed by atoms with van der Waals surface area (Å²) < 4.78 is 128. The Kier molecular flexibility index (Phi) is 8.32.